The predicted octanol–water partition coefficient (Wildman–Crippen LogP) is 4.07. The highest BCUT2D eigenvalue weighted by molar-refractivity contribution is 7.89. The largest absolute Gasteiger partial charge is 0.321 e. The summed E-state index contributed by atoms with van der Waals surface area (Å²) in [6, 6.07) is 17.8. The summed E-state index contributed by atoms with van der Waals surface area (Å²) in [5, 5.41) is 7.57. The lowest BCUT2D eigenvalue weighted by molar-refractivity contribution is 0.102. The molecule has 0 bridgehead atoms. The summed E-state index contributed by atoms with van der Waals surface area (Å²) in [5.74, 6) is 0.0416. The molecule has 3 aromatic carbocycles. The molecule has 2 atom stereocenters. The van der Waals surface area contributed by atoms with Crippen molar-refractivity contribution in [3.05, 3.63) is 71.8 Å². The second-order valence-electron chi connectivity index (χ2n) is 8.31. The standard InChI is InChI=1S/C25H29N3O3S/c1-3-18-16-26-15-14-22(18)28-32(30,31)24-13-12-23(20-10-6-7-11-21(20)24)27-25(29)19-9-5-4-8-17(19)2/h4-13,18,22,26,28H,3,14-16H2,1-2H3,(H,27,29)/t18-,22?/m1/s1. The second-order valence-corrected chi connectivity index (χ2v) is 10.00. The van der Waals surface area contributed by atoms with E-state index in [1.807, 2.05) is 43.3 Å². The lowest BCUT2D eigenvalue weighted by atomic mass is 9.92. The van der Waals surface area contributed by atoms with Crippen LogP contribution in [0.25, 0.3) is 10.8 Å². The fourth-order valence-electron chi connectivity index (χ4n) is 4.40. The van der Waals surface area contributed by atoms with Gasteiger partial charge in [-0.2, -0.15) is 0 Å². The lowest BCUT2D eigenvalue weighted by Crippen LogP contribution is -2.49. The van der Waals surface area contributed by atoms with Crippen molar-refractivity contribution in [1.29, 1.82) is 0 Å². The van der Waals surface area contributed by atoms with Crippen LogP contribution in [0.1, 0.15) is 35.7 Å². The first-order valence-corrected chi connectivity index (χ1v) is 12.5. The Bertz CT molecular complexity index is 1240. The van der Waals surface area contributed by atoms with Gasteiger partial charge in [0.1, 0.15) is 0 Å². The van der Waals surface area contributed by atoms with E-state index in [1.54, 1.807) is 24.3 Å². The molecule has 0 spiro atoms. The van der Waals surface area contributed by atoms with Gasteiger partial charge in [0, 0.05) is 28.1 Å². The Morgan fingerprint density at radius 3 is 2.50 bits per heavy atom. The van der Waals surface area contributed by atoms with E-state index in [1.165, 1.54) is 0 Å². The summed E-state index contributed by atoms with van der Waals surface area (Å²) >= 11 is 0. The van der Waals surface area contributed by atoms with Gasteiger partial charge in [-0.05, 0) is 56.1 Å². The Morgan fingerprint density at radius 2 is 1.75 bits per heavy atom. The van der Waals surface area contributed by atoms with Gasteiger partial charge in [0.15, 0.2) is 0 Å². The van der Waals surface area contributed by atoms with Crippen LogP contribution < -0.4 is 15.4 Å². The number of benzene rings is 3. The van der Waals surface area contributed by atoms with Crippen LogP contribution >= 0.6 is 0 Å². The number of hydrogen-bond acceptors (Lipinski definition) is 4. The topological polar surface area (TPSA) is 87.3 Å². The van der Waals surface area contributed by atoms with Crippen molar-refractivity contribution in [2.24, 2.45) is 5.92 Å². The van der Waals surface area contributed by atoms with Crippen molar-refractivity contribution in [3.8, 4) is 0 Å². The number of fused-ring (bicyclic) bond motifs is 1. The molecular weight excluding hydrogens is 422 g/mol. The molecule has 4 rings (SSSR count). The summed E-state index contributed by atoms with van der Waals surface area (Å²) in [6.07, 6.45) is 1.67. The number of aryl methyl sites for hydroxylation is 1. The third-order valence-corrected chi connectivity index (χ3v) is 7.80. The maximum absolute atomic E-state index is 13.4. The van der Waals surface area contributed by atoms with E-state index in [2.05, 4.69) is 22.3 Å². The molecule has 168 valence electrons. The molecule has 1 aliphatic heterocycles. The van der Waals surface area contributed by atoms with Crippen molar-refractivity contribution >= 4 is 32.4 Å². The van der Waals surface area contributed by atoms with Crippen LogP contribution in [-0.4, -0.2) is 33.5 Å². The molecule has 1 aliphatic rings. The molecule has 0 aromatic heterocycles. The third-order valence-electron chi connectivity index (χ3n) is 6.25. The van der Waals surface area contributed by atoms with Crippen LogP contribution in [0.4, 0.5) is 5.69 Å². The Kier molecular flexibility index (Phi) is 6.60. The van der Waals surface area contributed by atoms with Crippen molar-refractivity contribution in [2.75, 3.05) is 18.4 Å². The third kappa shape index (κ3) is 4.55. The summed E-state index contributed by atoms with van der Waals surface area (Å²) in [4.78, 5) is 13.1. The molecule has 1 heterocycles. The molecule has 1 fully saturated rings. The normalized spacial score (nSPS) is 19.1. The summed E-state index contributed by atoms with van der Waals surface area (Å²) < 4.78 is 29.7. The average molecular weight is 452 g/mol. The highest BCUT2D eigenvalue weighted by Gasteiger charge is 2.29. The lowest BCUT2D eigenvalue weighted by Gasteiger charge is -2.32. The fourth-order valence-corrected chi connectivity index (χ4v) is 5.95. The first-order chi connectivity index (χ1) is 15.4. The first-order valence-electron chi connectivity index (χ1n) is 11.0. The van der Waals surface area contributed by atoms with Crippen LogP contribution in [0, 0.1) is 12.8 Å². The summed E-state index contributed by atoms with van der Waals surface area (Å²) in [5.41, 5.74) is 2.05. The first kappa shape index (κ1) is 22.5. The van der Waals surface area contributed by atoms with Gasteiger partial charge in [-0.15, -0.1) is 0 Å². The van der Waals surface area contributed by atoms with Gasteiger partial charge >= 0.3 is 0 Å². The quantitative estimate of drug-likeness (QED) is 0.527. The maximum Gasteiger partial charge on any atom is 0.255 e. The number of piperidine rings is 1. The molecule has 1 saturated heterocycles. The van der Waals surface area contributed by atoms with Gasteiger partial charge in [0.25, 0.3) is 5.91 Å². The van der Waals surface area contributed by atoms with Crippen molar-refractivity contribution in [1.82, 2.24) is 10.0 Å². The average Bonchev–Trinajstić information content (AvgIpc) is 2.79. The van der Waals surface area contributed by atoms with Gasteiger partial charge in [-0.25, -0.2) is 13.1 Å². The highest BCUT2D eigenvalue weighted by Crippen LogP contribution is 2.31. The Labute approximate surface area is 189 Å². The summed E-state index contributed by atoms with van der Waals surface area (Å²) in [7, 11) is -3.72. The molecule has 6 nitrogen and oxygen atoms in total. The highest BCUT2D eigenvalue weighted by atomic mass is 32.2. The number of sulfonamides is 1. The molecule has 0 aliphatic carbocycles. The van der Waals surface area contributed by atoms with E-state index in [9.17, 15) is 13.2 Å². The van der Waals surface area contributed by atoms with E-state index < -0.39 is 10.0 Å². The van der Waals surface area contributed by atoms with Gasteiger partial charge in [-0.3, -0.25) is 4.79 Å². The van der Waals surface area contributed by atoms with Gasteiger partial charge in [0.2, 0.25) is 10.0 Å². The molecule has 3 N–H and O–H groups in total. The Balaban J connectivity index is 1.67. The van der Waals surface area contributed by atoms with Crippen molar-refractivity contribution in [2.45, 2.75) is 37.6 Å². The van der Waals surface area contributed by atoms with Crippen LogP contribution in [0.2, 0.25) is 0 Å². The van der Waals surface area contributed by atoms with E-state index in [-0.39, 0.29) is 22.8 Å². The SMILES string of the molecule is CC[C@@H]1CNCCC1NS(=O)(=O)c1ccc(NC(=O)c2ccccc2C)c2ccccc12. The number of carbonyl (C=O) groups is 1. The monoisotopic (exact) mass is 451 g/mol. The molecule has 0 radical (unpaired) electrons. The predicted molar refractivity (Wildman–Crippen MR) is 128 cm³/mol. The Hall–Kier alpha value is -2.74. The minimum absolute atomic E-state index is 0.0922. The fraction of sp³-hybridized carbons (Fsp3) is 0.320. The molecule has 1 amide bonds. The smallest absolute Gasteiger partial charge is 0.255 e. The van der Waals surface area contributed by atoms with Crippen molar-refractivity contribution in [3.63, 3.8) is 0 Å². The zero-order valence-electron chi connectivity index (χ0n) is 18.4. The van der Waals surface area contributed by atoms with Gasteiger partial charge in [-0.1, -0.05) is 55.8 Å². The number of rotatable bonds is 6. The number of amides is 1. The van der Waals surface area contributed by atoms with Crippen LogP contribution in [0.5, 0.6) is 0 Å². The molecule has 7 heteroatoms. The van der Waals surface area contributed by atoms with E-state index in [0.717, 1.165) is 31.5 Å². The van der Waals surface area contributed by atoms with E-state index >= 15 is 0 Å². The molecule has 32 heavy (non-hydrogen) atoms. The van der Waals surface area contributed by atoms with Gasteiger partial charge in [0.05, 0.1) is 4.90 Å². The van der Waals surface area contributed by atoms with Crippen molar-refractivity contribution < 1.29 is 13.2 Å². The minimum Gasteiger partial charge on any atom is -0.321 e. The molecule has 1 unspecified atom stereocenters. The van der Waals surface area contributed by atoms with Crippen LogP contribution in [0.3, 0.4) is 0 Å². The number of hydrogen-bond donors (Lipinski definition) is 3. The summed E-state index contributed by atoms with van der Waals surface area (Å²) in [6.45, 7) is 5.58. The zero-order valence-corrected chi connectivity index (χ0v) is 19.2. The maximum atomic E-state index is 13.4. The minimum atomic E-state index is -3.72. The number of carbonyl (C=O) groups excluding carboxylic acids is 1. The zero-order chi connectivity index (χ0) is 22.7. The number of anilines is 1. The molecular formula is C25H29N3O3S. The molecule has 0 saturated carbocycles. The van der Waals surface area contributed by atoms with E-state index in [0.29, 0.717) is 22.0 Å². The van der Waals surface area contributed by atoms with Gasteiger partial charge < -0.3 is 10.6 Å². The van der Waals surface area contributed by atoms with E-state index in [4.69, 9.17) is 0 Å². The Morgan fingerprint density at radius 1 is 1.03 bits per heavy atom. The number of nitrogens with one attached hydrogen (secondary N) is 3. The second kappa shape index (κ2) is 9.40. The van der Waals surface area contributed by atoms with Crippen LogP contribution in [-0.2, 0) is 10.0 Å². The van der Waals surface area contributed by atoms with Crippen LogP contribution in [0.15, 0.2) is 65.6 Å². The molecule has 3 aromatic rings.